The second-order valence-electron chi connectivity index (χ2n) is 4.14. The van der Waals surface area contributed by atoms with Crippen molar-refractivity contribution in [3.05, 3.63) is 59.0 Å². The molecule has 106 valence electrons. The zero-order valence-corrected chi connectivity index (χ0v) is 12.2. The van der Waals surface area contributed by atoms with Gasteiger partial charge < -0.3 is 0 Å². The van der Waals surface area contributed by atoms with Crippen molar-refractivity contribution in [1.82, 2.24) is 9.29 Å². The number of hydrogen-bond donors (Lipinski definition) is 0. The summed E-state index contributed by atoms with van der Waals surface area (Å²) in [5, 5.41) is -0.134. The standard InChI is InChI=1S/C13H12ClFN2O2S/c1-17(9-10-5-2-3-6-11(10)14)20(18,19)13-12(15)7-4-8-16-13/h2-8H,9H2,1H3. The predicted octanol–water partition coefficient (Wildman–Crippen LogP) is 2.69. The minimum Gasteiger partial charge on any atom is -0.241 e. The first-order valence-electron chi connectivity index (χ1n) is 5.73. The van der Waals surface area contributed by atoms with E-state index in [1.807, 2.05) is 0 Å². The minimum atomic E-state index is -4.00. The van der Waals surface area contributed by atoms with Crippen LogP contribution in [0.1, 0.15) is 5.56 Å². The van der Waals surface area contributed by atoms with Crippen molar-refractivity contribution >= 4 is 21.6 Å². The molecule has 1 heterocycles. The molecule has 0 N–H and O–H groups in total. The van der Waals surface area contributed by atoms with Crippen LogP contribution in [0.3, 0.4) is 0 Å². The average molecular weight is 315 g/mol. The Hall–Kier alpha value is -1.50. The lowest BCUT2D eigenvalue weighted by atomic mass is 10.2. The van der Waals surface area contributed by atoms with E-state index >= 15 is 0 Å². The van der Waals surface area contributed by atoms with Gasteiger partial charge in [-0.25, -0.2) is 17.8 Å². The van der Waals surface area contributed by atoms with Gasteiger partial charge in [-0.3, -0.25) is 0 Å². The minimum absolute atomic E-state index is 0.0397. The SMILES string of the molecule is CN(Cc1ccccc1Cl)S(=O)(=O)c1ncccc1F. The first kappa shape index (κ1) is 14.9. The molecule has 2 rings (SSSR count). The van der Waals surface area contributed by atoms with Gasteiger partial charge >= 0.3 is 0 Å². The second kappa shape index (κ2) is 5.87. The van der Waals surface area contributed by atoms with E-state index in [9.17, 15) is 12.8 Å². The van der Waals surface area contributed by atoms with Crippen LogP contribution in [0, 0.1) is 5.82 Å². The van der Waals surface area contributed by atoms with E-state index in [0.717, 1.165) is 10.4 Å². The maximum Gasteiger partial charge on any atom is 0.263 e. The number of benzene rings is 1. The van der Waals surface area contributed by atoms with Crippen molar-refractivity contribution in [2.75, 3.05) is 7.05 Å². The van der Waals surface area contributed by atoms with E-state index in [0.29, 0.717) is 10.6 Å². The topological polar surface area (TPSA) is 50.3 Å². The summed E-state index contributed by atoms with van der Waals surface area (Å²) in [4.78, 5) is 3.60. The molecule has 4 nitrogen and oxygen atoms in total. The van der Waals surface area contributed by atoms with Crippen LogP contribution in [0.2, 0.25) is 5.02 Å². The molecule has 0 unspecified atom stereocenters. The molecule has 2 aromatic rings. The van der Waals surface area contributed by atoms with E-state index < -0.39 is 20.9 Å². The Morgan fingerprint density at radius 2 is 1.95 bits per heavy atom. The highest BCUT2D eigenvalue weighted by Gasteiger charge is 2.26. The fraction of sp³-hybridized carbons (Fsp3) is 0.154. The van der Waals surface area contributed by atoms with Crippen molar-refractivity contribution < 1.29 is 12.8 Å². The Kier molecular flexibility index (Phi) is 4.37. The summed E-state index contributed by atoms with van der Waals surface area (Å²) < 4.78 is 39.1. The Balaban J connectivity index is 2.31. The van der Waals surface area contributed by atoms with Crippen molar-refractivity contribution in [1.29, 1.82) is 0 Å². The third-order valence-electron chi connectivity index (χ3n) is 2.73. The van der Waals surface area contributed by atoms with Crippen LogP contribution in [0.4, 0.5) is 4.39 Å². The summed E-state index contributed by atoms with van der Waals surface area (Å²) in [5.74, 6) is -0.876. The van der Waals surface area contributed by atoms with E-state index in [2.05, 4.69) is 4.98 Å². The summed E-state index contributed by atoms with van der Waals surface area (Å²) in [6.07, 6.45) is 1.24. The highest BCUT2D eigenvalue weighted by molar-refractivity contribution is 7.89. The molecular weight excluding hydrogens is 303 g/mol. The lowest BCUT2D eigenvalue weighted by Crippen LogP contribution is -2.28. The van der Waals surface area contributed by atoms with Gasteiger partial charge in [0.1, 0.15) is 0 Å². The molecule has 7 heteroatoms. The van der Waals surface area contributed by atoms with Gasteiger partial charge in [-0.05, 0) is 23.8 Å². The van der Waals surface area contributed by atoms with Crippen LogP contribution >= 0.6 is 11.6 Å². The van der Waals surface area contributed by atoms with Crippen molar-refractivity contribution in [2.45, 2.75) is 11.6 Å². The fourth-order valence-electron chi connectivity index (χ4n) is 1.66. The maximum atomic E-state index is 13.6. The van der Waals surface area contributed by atoms with Gasteiger partial charge in [-0.2, -0.15) is 4.31 Å². The van der Waals surface area contributed by atoms with Gasteiger partial charge in [0.25, 0.3) is 10.0 Å². The maximum absolute atomic E-state index is 13.6. The molecule has 0 aliphatic carbocycles. The van der Waals surface area contributed by atoms with E-state index in [1.54, 1.807) is 24.3 Å². The Labute approximate surface area is 121 Å². The summed E-state index contributed by atoms with van der Waals surface area (Å²) in [6, 6.07) is 9.27. The Morgan fingerprint density at radius 3 is 2.60 bits per heavy atom. The highest BCUT2D eigenvalue weighted by Crippen LogP contribution is 2.21. The second-order valence-corrected chi connectivity index (χ2v) is 6.51. The zero-order valence-electron chi connectivity index (χ0n) is 10.6. The molecule has 0 bridgehead atoms. The largest absolute Gasteiger partial charge is 0.263 e. The summed E-state index contributed by atoms with van der Waals surface area (Å²) in [5.41, 5.74) is 0.636. The van der Waals surface area contributed by atoms with E-state index in [1.165, 1.54) is 19.3 Å². The molecule has 0 amide bonds. The van der Waals surface area contributed by atoms with Crippen molar-refractivity contribution in [2.24, 2.45) is 0 Å². The molecule has 0 saturated carbocycles. The van der Waals surface area contributed by atoms with Gasteiger partial charge in [0.2, 0.25) is 5.03 Å². The van der Waals surface area contributed by atoms with Crippen LogP contribution < -0.4 is 0 Å². The lowest BCUT2D eigenvalue weighted by molar-refractivity contribution is 0.455. The van der Waals surface area contributed by atoms with Gasteiger partial charge in [0, 0.05) is 24.8 Å². The molecule has 0 aliphatic rings. The van der Waals surface area contributed by atoms with Crippen molar-refractivity contribution in [3.63, 3.8) is 0 Å². The molecule has 0 fully saturated rings. The third-order valence-corrected chi connectivity index (χ3v) is 4.84. The molecular formula is C13H12ClFN2O2S. The van der Waals surface area contributed by atoms with Crippen LogP contribution in [-0.4, -0.2) is 24.8 Å². The first-order chi connectivity index (χ1) is 9.43. The normalized spacial score (nSPS) is 11.8. The van der Waals surface area contributed by atoms with Crippen LogP contribution in [0.5, 0.6) is 0 Å². The number of aromatic nitrogens is 1. The molecule has 20 heavy (non-hydrogen) atoms. The van der Waals surface area contributed by atoms with Gasteiger partial charge in [-0.1, -0.05) is 29.8 Å². The number of pyridine rings is 1. The molecule has 0 aliphatic heterocycles. The van der Waals surface area contributed by atoms with Gasteiger partial charge in [0.05, 0.1) is 0 Å². The molecule has 1 aromatic heterocycles. The molecule has 0 saturated heterocycles. The van der Waals surface area contributed by atoms with Gasteiger partial charge in [0.15, 0.2) is 5.82 Å². The highest BCUT2D eigenvalue weighted by atomic mass is 35.5. The number of halogens is 2. The number of sulfonamides is 1. The Bertz CT molecular complexity index is 722. The number of rotatable bonds is 4. The Morgan fingerprint density at radius 1 is 1.25 bits per heavy atom. The lowest BCUT2D eigenvalue weighted by Gasteiger charge is -2.17. The third kappa shape index (κ3) is 2.98. The monoisotopic (exact) mass is 314 g/mol. The fourth-order valence-corrected chi connectivity index (χ4v) is 2.97. The number of hydrogen-bond acceptors (Lipinski definition) is 3. The van der Waals surface area contributed by atoms with Crippen LogP contribution in [0.25, 0.3) is 0 Å². The zero-order chi connectivity index (χ0) is 14.8. The predicted molar refractivity (Wildman–Crippen MR) is 74.3 cm³/mol. The number of nitrogens with zero attached hydrogens (tertiary/aromatic N) is 2. The van der Waals surface area contributed by atoms with E-state index in [4.69, 9.17) is 11.6 Å². The average Bonchev–Trinajstić information content (AvgIpc) is 2.41. The quantitative estimate of drug-likeness (QED) is 0.872. The summed E-state index contributed by atoms with van der Waals surface area (Å²) in [6.45, 7) is 0.0397. The molecule has 1 aromatic carbocycles. The van der Waals surface area contributed by atoms with E-state index in [-0.39, 0.29) is 6.54 Å². The van der Waals surface area contributed by atoms with Crippen molar-refractivity contribution in [3.8, 4) is 0 Å². The van der Waals surface area contributed by atoms with Crippen LogP contribution in [-0.2, 0) is 16.6 Å². The molecule has 0 radical (unpaired) electrons. The summed E-state index contributed by atoms with van der Waals surface area (Å²) >= 11 is 5.98. The smallest absolute Gasteiger partial charge is 0.241 e. The summed E-state index contributed by atoms with van der Waals surface area (Å²) in [7, 11) is -2.64. The molecule has 0 spiro atoms. The first-order valence-corrected chi connectivity index (χ1v) is 7.55. The molecule has 0 atom stereocenters. The van der Waals surface area contributed by atoms with Gasteiger partial charge in [-0.15, -0.1) is 0 Å². The van der Waals surface area contributed by atoms with Crippen LogP contribution in [0.15, 0.2) is 47.6 Å².